The topological polar surface area (TPSA) is 106 Å². The molecule has 2 heterocycles. The van der Waals surface area contributed by atoms with Gasteiger partial charge in [-0.3, -0.25) is 9.79 Å². The summed E-state index contributed by atoms with van der Waals surface area (Å²) >= 11 is 0. The quantitative estimate of drug-likeness (QED) is 0.327. The molecule has 10 nitrogen and oxygen atoms in total. The molecule has 13 heteroatoms. The first kappa shape index (κ1) is 29.2. The van der Waals surface area contributed by atoms with Crippen LogP contribution >= 0.6 is 0 Å². The van der Waals surface area contributed by atoms with E-state index in [4.69, 9.17) is 0 Å². The zero-order valence-electron chi connectivity index (χ0n) is 22.8. The highest BCUT2D eigenvalue weighted by Gasteiger charge is 2.31. The van der Waals surface area contributed by atoms with Gasteiger partial charge in [-0.15, -0.1) is 13.2 Å². The number of alkyl halides is 3. The highest BCUT2D eigenvalue weighted by Crippen LogP contribution is 2.29. The molecule has 3 amide bonds. The molecule has 0 spiro atoms. The minimum absolute atomic E-state index is 0.106. The van der Waals surface area contributed by atoms with E-state index in [1.807, 2.05) is 29.2 Å². The van der Waals surface area contributed by atoms with Gasteiger partial charge in [0.05, 0.1) is 5.56 Å². The molecule has 0 unspecified atom stereocenters. The Bertz CT molecular complexity index is 1440. The average Bonchev–Trinajstić information content (AvgIpc) is 3.38. The van der Waals surface area contributed by atoms with Gasteiger partial charge < -0.3 is 29.7 Å². The number of nitrogens with zero attached hydrogens (tertiary/aromatic N) is 5. The largest absolute Gasteiger partial charge is 0.573 e. The average molecular weight is 570 g/mol. The van der Waals surface area contributed by atoms with Gasteiger partial charge in [0.1, 0.15) is 17.4 Å². The molecule has 1 fully saturated rings. The van der Waals surface area contributed by atoms with Crippen LogP contribution in [0.2, 0.25) is 0 Å². The molecular weight excluding hydrogens is 539 g/mol. The summed E-state index contributed by atoms with van der Waals surface area (Å²) < 4.78 is 41.0. The van der Waals surface area contributed by atoms with Gasteiger partial charge in [-0.2, -0.15) is 0 Å². The van der Waals surface area contributed by atoms with Crippen LogP contribution in [0.4, 0.5) is 29.5 Å². The zero-order valence-corrected chi connectivity index (χ0v) is 22.8. The van der Waals surface area contributed by atoms with Crippen LogP contribution in [0.5, 0.6) is 5.75 Å². The second-order valence-corrected chi connectivity index (χ2v) is 9.41. The van der Waals surface area contributed by atoms with Crippen molar-refractivity contribution in [2.24, 2.45) is 9.98 Å². The van der Waals surface area contributed by atoms with Crippen LogP contribution in [0.15, 0.2) is 64.6 Å². The SMILES string of the molecule is C=Nc1[nH]c(-c2cccc(C(=O)N(C)C)c2)cc1C(=NC)N1CCN(C(=O)Nc2ccc(OC(F)(F)F)cc2)CC1. The first-order valence-corrected chi connectivity index (χ1v) is 12.6. The van der Waals surface area contributed by atoms with E-state index in [0.29, 0.717) is 49.1 Å². The maximum atomic E-state index is 12.8. The second-order valence-electron chi connectivity index (χ2n) is 9.41. The number of piperazine rings is 1. The van der Waals surface area contributed by atoms with E-state index in [1.165, 1.54) is 17.0 Å². The van der Waals surface area contributed by atoms with Gasteiger partial charge in [0.15, 0.2) is 0 Å². The summed E-state index contributed by atoms with van der Waals surface area (Å²) in [6.07, 6.45) is -4.78. The predicted octanol–water partition coefficient (Wildman–Crippen LogP) is 4.84. The molecule has 0 radical (unpaired) electrons. The molecule has 2 N–H and O–H groups in total. The number of anilines is 1. The maximum absolute atomic E-state index is 12.8. The lowest BCUT2D eigenvalue weighted by atomic mass is 10.1. The molecule has 0 saturated carbocycles. The fourth-order valence-electron chi connectivity index (χ4n) is 4.47. The number of nitrogens with one attached hydrogen (secondary N) is 2. The van der Waals surface area contributed by atoms with Crippen molar-refractivity contribution in [1.82, 2.24) is 19.7 Å². The van der Waals surface area contributed by atoms with E-state index in [0.717, 1.165) is 29.0 Å². The van der Waals surface area contributed by atoms with Crippen molar-refractivity contribution in [3.05, 3.63) is 65.7 Å². The van der Waals surface area contributed by atoms with Crippen LogP contribution in [0, 0.1) is 0 Å². The van der Waals surface area contributed by atoms with E-state index >= 15 is 0 Å². The molecule has 216 valence electrons. The summed E-state index contributed by atoms with van der Waals surface area (Å²) in [4.78, 5) is 42.3. The van der Waals surface area contributed by atoms with Crippen LogP contribution in [-0.2, 0) is 0 Å². The minimum atomic E-state index is -4.78. The third kappa shape index (κ3) is 7.04. The van der Waals surface area contributed by atoms with Crippen molar-refractivity contribution in [2.75, 3.05) is 52.6 Å². The number of ether oxygens (including phenoxy) is 1. The number of benzene rings is 2. The number of H-pyrrole nitrogens is 1. The van der Waals surface area contributed by atoms with Gasteiger partial charge >= 0.3 is 12.4 Å². The number of hydrogen-bond acceptors (Lipinski definition) is 5. The van der Waals surface area contributed by atoms with Crippen LogP contribution in [0.1, 0.15) is 15.9 Å². The number of aliphatic imine (C=N–C) groups is 2. The van der Waals surface area contributed by atoms with Gasteiger partial charge in [-0.1, -0.05) is 12.1 Å². The summed E-state index contributed by atoms with van der Waals surface area (Å²) in [7, 11) is 5.07. The van der Waals surface area contributed by atoms with Crippen molar-refractivity contribution in [1.29, 1.82) is 0 Å². The maximum Gasteiger partial charge on any atom is 0.573 e. The number of carbonyl (C=O) groups excluding carboxylic acids is 2. The Kier molecular flexibility index (Phi) is 8.65. The molecule has 1 aliphatic rings. The molecule has 4 rings (SSSR count). The number of hydrogen-bond donors (Lipinski definition) is 2. The smallest absolute Gasteiger partial charge is 0.406 e. The van der Waals surface area contributed by atoms with Gasteiger partial charge in [0.25, 0.3) is 5.91 Å². The van der Waals surface area contributed by atoms with Crippen molar-refractivity contribution in [3.8, 4) is 17.0 Å². The van der Waals surface area contributed by atoms with Crippen molar-refractivity contribution < 1.29 is 27.5 Å². The Labute approximate surface area is 235 Å². The van der Waals surface area contributed by atoms with E-state index in [-0.39, 0.29) is 17.7 Å². The van der Waals surface area contributed by atoms with Gasteiger partial charge in [0, 0.05) is 64.3 Å². The molecule has 0 atom stereocenters. The third-order valence-electron chi connectivity index (χ3n) is 6.44. The number of halogens is 3. The Morgan fingerprint density at radius 3 is 2.27 bits per heavy atom. The van der Waals surface area contributed by atoms with Crippen LogP contribution in [0.25, 0.3) is 11.3 Å². The number of carbonyl (C=O) groups is 2. The minimum Gasteiger partial charge on any atom is -0.406 e. The highest BCUT2D eigenvalue weighted by molar-refractivity contribution is 6.04. The lowest BCUT2D eigenvalue weighted by Crippen LogP contribution is -2.51. The van der Waals surface area contributed by atoms with Crippen molar-refractivity contribution in [2.45, 2.75) is 6.36 Å². The fraction of sp³-hybridized carbons (Fsp3) is 0.286. The molecule has 1 aromatic heterocycles. The number of amides is 3. The number of aromatic amines is 1. The molecule has 0 bridgehead atoms. The first-order valence-electron chi connectivity index (χ1n) is 12.6. The summed E-state index contributed by atoms with van der Waals surface area (Å²) in [6, 6.07) is 13.8. The lowest BCUT2D eigenvalue weighted by molar-refractivity contribution is -0.274. The van der Waals surface area contributed by atoms with Crippen LogP contribution < -0.4 is 10.1 Å². The Balaban J connectivity index is 1.42. The Morgan fingerprint density at radius 2 is 1.68 bits per heavy atom. The normalized spacial score (nSPS) is 14.0. The molecule has 3 aromatic rings. The Hall–Kier alpha value is -4.81. The second kappa shape index (κ2) is 12.1. The van der Waals surface area contributed by atoms with E-state index in [9.17, 15) is 22.8 Å². The van der Waals surface area contributed by atoms with E-state index < -0.39 is 6.36 Å². The van der Waals surface area contributed by atoms with Crippen molar-refractivity contribution in [3.63, 3.8) is 0 Å². The number of amidine groups is 1. The molecule has 1 saturated heterocycles. The third-order valence-corrected chi connectivity index (χ3v) is 6.44. The standard InChI is InChI=1S/C28H30F3N7O3/c1-32-24-22(17-23(35-24)18-6-5-7-19(16-18)26(39)36(3)4)25(33-2)37-12-14-38(15-13-37)27(40)34-20-8-10-21(11-9-20)41-28(29,30)31/h5-11,16-17,35H,1,12-15H2,2-4H3,(H,34,40). The molecule has 0 aliphatic carbocycles. The first-order chi connectivity index (χ1) is 19.5. The van der Waals surface area contributed by atoms with Gasteiger partial charge in [-0.25, -0.2) is 9.79 Å². The zero-order chi connectivity index (χ0) is 29.7. The Morgan fingerprint density at radius 1 is 1.02 bits per heavy atom. The fourth-order valence-corrected chi connectivity index (χ4v) is 4.47. The predicted molar refractivity (Wildman–Crippen MR) is 151 cm³/mol. The van der Waals surface area contributed by atoms with Gasteiger partial charge in [-0.05, 0) is 54.7 Å². The van der Waals surface area contributed by atoms with E-state index in [2.05, 4.69) is 31.7 Å². The van der Waals surface area contributed by atoms with E-state index in [1.54, 1.807) is 32.1 Å². The van der Waals surface area contributed by atoms with Crippen molar-refractivity contribution >= 4 is 36.0 Å². The number of urea groups is 1. The summed E-state index contributed by atoms with van der Waals surface area (Å²) in [5, 5.41) is 2.70. The number of rotatable bonds is 6. The summed E-state index contributed by atoms with van der Waals surface area (Å²) in [5.74, 6) is 0.733. The lowest BCUT2D eigenvalue weighted by Gasteiger charge is -2.36. The number of aromatic nitrogens is 1. The molecule has 1 aliphatic heterocycles. The molecule has 2 aromatic carbocycles. The monoisotopic (exact) mass is 569 g/mol. The molecular formula is C28H30F3N7O3. The summed E-state index contributed by atoms with van der Waals surface area (Å²) in [5.41, 5.74) is 3.20. The van der Waals surface area contributed by atoms with Crippen LogP contribution in [-0.4, -0.2) is 97.9 Å². The summed E-state index contributed by atoms with van der Waals surface area (Å²) in [6.45, 7) is 5.45. The molecule has 41 heavy (non-hydrogen) atoms. The van der Waals surface area contributed by atoms with Crippen LogP contribution in [0.3, 0.4) is 0 Å². The van der Waals surface area contributed by atoms with Gasteiger partial charge in [0.2, 0.25) is 0 Å². The highest BCUT2D eigenvalue weighted by atomic mass is 19.4.